The molecule has 0 aliphatic heterocycles. The van der Waals surface area contributed by atoms with Gasteiger partial charge in [0.2, 0.25) is 5.95 Å². The molecule has 3 aromatic rings. The number of aryl methyl sites for hydroxylation is 1. The zero-order valence-corrected chi connectivity index (χ0v) is 22.6. The van der Waals surface area contributed by atoms with E-state index in [1.165, 1.54) is 19.3 Å². The number of benzene rings is 1. The molecule has 3 atom stereocenters. The monoisotopic (exact) mass is 513 g/mol. The number of para-hydroxylation sites is 1. The number of unbranched alkanes of at least 4 members (excludes halogenated alkanes) is 3. The first kappa shape index (κ1) is 26.7. The highest BCUT2D eigenvalue weighted by Crippen LogP contribution is 2.39. The molecule has 0 unspecified atom stereocenters. The number of nitrogens with one attached hydrogen (secondary N) is 2. The van der Waals surface area contributed by atoms with Gasteiger partial charge in [0.25, 0.3) is 0 Å². The van der Waals surface area contributed by atoms with Crippen LogP contribution in [0.4, 0.5) is 11.8 Å². The SMILES string of the molecule is CCCCCCNc1nc(C)c(-c2nc3ccccc3s2)c(N[C@@H]2C[C@H](CO)C[C@H]2OC(C)(C)O)n1. The van der Waals surface area contributed by atoms with Gasteiger partial charge in [-0.3, -0.25) is 0 Å². The Bertz CT molecular complexity index is 1110. The van der Waals surface area contributed by atoms with Crippen molar-refractivity contribution in [1.82, 2.24) is 15.0 Å². The van der Waals surface area contributed by atoms with E-state index in [0.29, 0.717) is 18.2 Å². The average Bonchev–Trinajstić information content (AvgIpc) is 3.41. The summed E-state index contributed by atoms with van der Waals surface area (Å²) >= 11 is 1.62. The van der Waals surface area contributed by atoms with Crippen LogP contribution in [0.25, 0.3) is 20.8 Å². The van der Waals surface area contributed by atoms with Gasteiger partial charge in [-0.25, -0.2) is 9.97 Å². The van der Waals surface area contributed by atoms with Crippen LogP contribution in [0.3, 0.4) is 0 Å². The highest BCUT2D eigenvalue weighted by atomic mass is 32.1. The van der Waals surface area contributed by atoms with Gasteiger partial charge in [-0.1, -0.05) is 38.3 Å². The molecule has 0 bridgehead atoms. The van der Waals surface area contributed by atoms with E-state index < -0.39 is 5.79 Å². The van der Waals surface area contributed by atoms with Crippen LogP contribution < -0.4 is 10.6 Å². The summed E-state index contributed by atoms with van der Waals surface area (Å²) in [5.41, 5.74) is 2.67. The van der Waals surface area contributed by atoms with Crippen LogP contribution in [0.15, 0.2) is 24.3 Å². The van der Waals surface area contributed by atoms with Gasteiger partial charge in [-0.2, -0.15) is 4.98 Å². The molecule has 1 aliphatic carbocycles. The fraction of sp³-hybridized carbons (Fsp3) is 0.593. The van der Waals surface area contributed by atoms with Gasteiger partial charge in [0, 0.05) is 13.2 Å². The zero-order valence-electron chi connectivity index (χ0n) is 21.8. The van der Waals surface area contributed by atoms with E-state index in [1.807, 2.05) is 25.1 Å². The molecule has 0 spiro atoms. The van der Waals surface area contributed by atoms with E-state index in [1.54, 1.807) is 25.2 Å². The molecule has 4 N–H and O–H groups in total. The summed E-state index contributed by atoms with van der Waals surface area (Å²) in [5.74, 6) is 0.121. The van der Waals surface area contributed by atoms with Gasteiger partial charge in [-0.05, 0) is 58.1 Å². The third-order valence-corrected chi connectivity index (χ3v) is 7.59. The second-order valence-electron chi connectivity index (χ2n) is 10.2. The Morgan fingerprint density at radius 1 is 1.11 bits per heavy atom. The van der Waals surface area contributed by atoms with Gasteiger partial charge in [0.15, 0.2) is 5.79 Å². The molecule has 1 aromatic carbocycles. The lowest BCUT2D eigenvalue weighted by atomic mass is 10.1. The smallest absolute Gasteiger partial charge is 0.224 e. The minimum absolute atomic E-state index is 0.0853. The second kappa shape index (κ2) is 11.8. The number of hydrogen-bond donors (Lipinski definition) is 4. The van der Waals surface area contributed by atoms with Crippen LogP contribution in [0.5, 0.6) is 0 Å². The van der Waals surface area contributed by atoms with Crippen LogP contribution in [0.1, 0.15) is 65.0 Å². The third kappa shape index (κ3) is 6.70. The number of nitrogens with zero attached hydrogens (tertiary/aromatic N) is 3. The molecule has 9 heteroatoms. The number of thiazole rings is 1. The van der Waals surface area contributed by atoms with Crippen LogP contribution in [-0.4, -0.2) is 56.2 Å². The fourth-order valence-corrected chi connectivity index (χ4v) is 5.88. The summed E-state index contributed by atoms with van der Waals surface area (Å²) in [6, 6.07) is 7.98. The summed E-state index contributed by atoms with van der Waals surface area (Å²) in [4.78, 5) is 14.6. The molecule has 2 heterocycles. The van der Waals surface area contributed by atoms with Crippen LogP contribution in [-0.2, 0) is 4.74 Å². The average molecular weight is 514 g/mol. The van der Waals surface area contributed by atoms with E-state index >= 15 is 0 Å². The minimum atomic E-state index is -1.27. The molecule has 1 aliphatic rings. The quantitative estimate of drug-likeness (QED) is 0.189. The van der Waals surface area contributed by atoms with Gasteiger partial charge in [0.05, 0.1) is 33.6 Å². The lowest BCUT2D eigenvalue weighted by molar-refractivity contribution is -0.205. The predicted molar refractivity (Wildman–Crippen MR) is 146 cm³/mol. The number of ether oxygens (including phenoxy) is 1. The Kier molecular flexibility index (Phi) is 8.77. The Hall–Kier alpha value is -2.33. The van der Waals surface area contributed by atoms with Crippen LogP contribution >= 0.6 is 11.3 Å². The van der Waals surface area contributed by atoms with Crippen molar-refractivity contribution < 1.29 is 14.9 Å². The molecule has 2 aromatic heterocycles. The van der Waals surface area contributed by atoms with Crippen molar-refractivity contribution in [3.63, 3.8) is 0 Å². The predicted octanol–water partition coefficient (Wildman–Crippen LogP) is 5.35. The zero-order chi connectivity index (χ0) is 25.7. The lowest BCUT2D eigenvalue weighted by Gasteiger charge is -2.29. The fourth-order valence-electron chi connectivity index (χ4n) is 4.82. The topological polar surface area (TPSA) is 112 Å². The molecule has 8 nitrogen and oxygen atoms in total. The largest absolute Gasteiger partial charge is 0.396 e. The second-order valence-corrected chi connectivity index (χ2v) is 11.2. The molecular formula is C27H39N5O3S. The van der Waals surface area contributed by atoms with E-state index in [9.17, 15) is 10.2 Å². The van der Waals surface area contributed by atoms with Crippen molar-refractivity contribution in [2.75, 3.05) is 23.8 Å². The Labute approximate surface area is 217 Å². The lowest BCUT2D eigenvalue weighted by Crippen LogP contribution is -2.38. The van der Waals surface area contributed by atoms with E-state index in [2.05, 4.69) is 23.6 Å². The van der Waals surface area contributed by atoms with Gasteiger partial charge in [-0.15, -0.1) is 11.3 Å². The minimum Gasteiger partial charge on any atom is -0.396 e. The van der Waals surface area contributed by atoms with Gasteiger partial charge >= 0.3 is 0 Å². The standard InChI is InChI=1S/C27H39N5O3S/c1-5-6-7-10-13-28-26-29-17(2)23(25-31-19-11-8-9-12-22(19)36-25)24(32-26)30-20-14-18(16-33)15-21(20)35-27(3,4)34/h8-9,11-12,18,20-21,33-34H,5-7,10,13-16H2,1-4H3,(H2,28,29,30,32)/t18-,20+,21+/m0/s1. The number of anilines is 2. The summed E-state index contributed by atoms with van der Waals surface area (Å²) in [5, 5.41) is 28.0. The maximum atomic E-state index is 10.3. The summed E-state index contributed by atoms with van der Waals surface area (Å²) in [7, 11) is 0. The molecule has 0 radical (unpaired) electrons. The first-order chi connectivity index (χ1) is 17.3. The number of fused-ring (bicyclic) bond motifs is 1. The number of aromatic nitrogens is 3. The van der Waals surface area contributed by atoms with Crippen LogP contribution in [0, 0.1) is 12.8 Å². The van der Waals surface area contributed by atoms with Crippen molar-refractivity contribution in [2.24, 2.45) is 5.92 Å². The maximum Gasteiger partial charge on any atom is 0.224 e. The van der Waals surface area contributed by atoms with Crippen molar-refractivity contribution in [3.8, 4) is 10.6 Å². The normalized spacial score (nSPS) is 20.2. The molecular weight excluding hydrogens is 474 g/mol. The van der Waals surface area contributed by atoms with Crippen molar-refractivity contribution >= 4 is 33.3 Å². The number of hydrogen-bond acceptors (Lipinski definition) is 9. The van der Waals surface area contributed by atoms with Crippen molar-refractivity contribution in [3.05, 3.63) is 30.0 Å². The first-order valence-corrected chi connectivity index (χ1v) is 13.8. The van der Waals surface area contributed by atoms with E-state index in [4.69, 9.17) is 19.7 Å². The first-order valence-electron chi connectivity index (χ1n) is 13.0. The van der Waals surface area contributed by atoms with E-state index in [-0.39, 0.29) is 24.7 Å². The summed E-state index contributed by atoms with van der Waals surface area (Å²) < 4.78 is 7.09. The highest BCUT2D eigenvalue weighted by molar-refractivity contribution is 7.21. The molecule has 36 heavy (non-hydrogen) atoms. The summed E-state index contributed by atoms with van der Waals surface area (Å²) in [6.07, 6.45) is 5.80. The molecule has 196 valence electrons. The number of aliphatic hydroxyl groups excluding tert-OH is 1. The highest BCUT2D eigenvalue weighted by Gasteiger charge is 2.38. The van der Waals surface area contributed by atoms with E-state index in [0.717, 1.165) is 45.9 Å². The molecule has 0 saturated heterocycles. The number of aliphatic hydroxyl groups is 2. The Morgan fingerprint density at radius 3 is 2.64 bits per heavy atom. The number of rotatable bonds is 12. The maximum absolute atomic E-state index is 10.3. The molecule has 1 fully saturated rings. The third-order valence-electron chi connectivity index (χ3n) is 6.53. The van der Waals surface area contributed by atoms with Gasteiger partial charge in [0.1, 0.15) is 10.8 Å². The molecule has 1 saturated carbocycles. The molecule has 4 rings (SSSR count). The van der Waals surface area contributed by atoms with Gasteiger partial charge < -0.3 is 25.6 Å². The van der Waals surface area contributed by atoms with Crippen LogP contribution in [0.2, 0.25) is 0 Å². The molecule has 0 amide bonds. The Morgan fingerprint density at radius 2 is 1.92 bits per heavy atom. The summed E-state index contributed by atoms with van der Waals surface area (Å²) in [6.45, 7) is 8.38. The Balaban J connectivity index is 1.66. The van der Waals surface area contributed by atoms with Crippen molar-refractivity contribution in [1.29, 1.82) is 0 Å². The van der Waals surface area contributed by atoms with Crippen molar-refractivity contribution in [2.45, 2.75) is 84.2 Å².